The molecule has 0 amide bonds. The van der Waals surface area contributed by atoms with Crippen LogP contribution in [0.3, 0.4) is 0 Å². The van der Waals surface area contributed by atoms with Gasteiger partial charge in [-0.25, -0.2) is 9.97 Å². The van der Waals surface area contributed by atoms with Gasteiger partial charge in [0.2, 0.25) is 0 Å². The predicted octanol–water partition coefficient (Wildman–Crippen LogP) is 14.3. The van der Waals surface area contributed by atoms with E-state index in [9.17, 15) is 0 Å². The molecule has 11 aromatic rings. The third kappa shape index (κ3) is 5.39. The van der Waals surface area contributed by atoms with Crippen LogP contribution >= 0.6 is 0 Å². The second-order valence-corrected chi connectivity index (χ2v) is 14.1. The summed E-state index contributed by atoms with van der Waals surface area (Å²) in [6.07, 6.45) is 0. The summed E-state index contributed by atoms with van der Waals surface area (Å²) < 4.78 is 13.4. The molecule has 8 aromatic carbocycles. The van der Waals surface area contributed by atoms with E-state index in [1.165, 1.54) is 0 Å². The molecule has 0 unspecified atom stereocenters. The Hall–Kier alpha value is -7.56. The van der Waals surface area contributed by atoms with Crippen LogP contribution in [0.25, 0.3) is 111 Å². The van der Waals surface area contributed by atoms with Gasteiger partial charge in [-0.15, -0.1) is 0 Å². The molecule has 0 spiro atoms. The van der Waals surface area contributed by atoms with Crippen molar-refractivity contribution in [2.75, 3.05) is 0 Å². The molecule has 11 rings (SSSR count). The Balaban J connectivity index is 1.17. The Bertz CT molecular complexity index is 3180. The van der Waals surface area contributed by atoms with E-state index in [2.05, 4.69) is 152 Å². The molecule has 0 saturated heterocycles. The van der Waals surface area contributed by atoms with Gasteiger partial charge in [0.05, 0.1) is 17.0 Å². The largest absolute Gasteiger partial charge is 0.455 e. The zero-order chi connectivity index (χ0) is 37.0. The molecule has 56 heavy (non-hydrogen) atoms. The Labute approximate surface area is 323 Å². The molecule has 0 atom stereocenters. The highest BCUT2D eigenvalue weighted by Gasteiger charge is 2.22. The molecule has 3 aromatic heterocycles. The van der Waals surface area contributed by atoms with Crippen LogP contribution in [0.15, 0.2) is 203 Å². The molecule has 0 aliphatic carbocycles. The van der Waals surface area contributed by atoms with Crippen molar-refractivity contribution in [3.63, 3.8) is 0 Å². The smallest absolute Gasteiger partial charge is 0.164 e. The van der Waals surface area contributed by atoms with E-state index in [1.807, 2.05) is 42.5 Å². The number of aromatic nitrogens is 2. The van der Waals surface area contributed by atoms with E-state index in [0.29, 0.717) is 5.82 Å². The number of fused-ring (bicyclic) bond motifs is 6. The first kappa shape index (κ1) is 31.9. The minimum Gasteiger partial charge on any atom is -0.455 e. The predicted molar refractivity (Wildman–Crippen MR) is 229 cm³/mol. The summed E-state index contributed by atoms with van der Waals surface area (Å²) >= 11 is 0. The number of rotatable bonds is 6. The third-order valence-corrected chi connectivity index (χ3v) is 10.7. The van der Waals surface area contributed by atoms with Gasteiger partial charge in [-0.2, -0.15) is 0 Å². The zero-order valence-corrected chi connectivity index (χ0v) is 30.2. The number of para-hydroxylation sites is 3. The maximum absolute atomic E-state index is 6.81. The van der Waals surface area contributed by atoms with Crippen molar-refractivity contribution < 1.29 is 8.83 Å². The molecule has 0 fully saturated rings. The fraction of sp³-hybridized carbons (Fsp3) is 0. The van der Waals surface area contributed by atoms with Crippen molar-refractivity contribution in [2.45, 2.75) is 0 Å². The van der Waals surface area contributed by atoms with Gasteiger partial charge >= 0.3 is 0 Å². The first-order chi connectivity index (χ1) is 27.7. The lowest BCUT2D eigenvalue weighted by atomic mass is 9.94. The zero-order valence-electron chi connectivity index (χ0n) is 30.2. The first-order valence-electron chi connectivity index (χ1n) is 18.8. The van der Waals surface area contributed by atoms with E-state index in [0.717, 1.165) is 105 Å². The molecule has 0 aliphatic heterocycles. The Morgan fingerprint density at radius 2 is 0.804 bits per heavy atom. The lowest BCUT2D eigenvalue weighted by Gasteiger charge is -2.14. The molecule has 0 bridgehead atoms. The number of benzene rings is 8. The topological polar surface area (TPSA) is 52.1 Å². The van der Waals surface area contributed by atoms with E-state index in [1.54, 1.807) is 0 Å². The van der Waals surface area contributed by atoms with Crippen molar-refractivity contribution in [3.8, 4) is 67.3 Å². The van der Waals surface area contributed by atoms with Crippen molar-refractivity contribution in [1.29, 1.82) is 0 Å². The minimum absolute atomic E-state index is 0.588. The van der Waals surface area contributed by atoms with Crippen LogP contribution in [0, 0.1) is 0 Å². The summed E-state index contributed by atoms with van der Waals surface area (Å²) in [5.74, 6) is 0.588. The maximum Gasteiger partial charge on any atom is 0.164 e. The number of hydrogen-bond acceptors (Lipinski definition) is 4. The number of hydrogen-bond donors (Lipinski definition) is 0. The van der Waals surface area contributed by atoms with Crippen molar-refractivity contribution in [3.05, 3.63) is 194 Å². The summed E-state index contributed by atoms with van der Waals surface area (Å²) in [7, 11) is 0. The molecule has 0 N–H and O–H groups in total. The highest BCUT2D eigenvalue weighted by atomic mass is 16.3. The molecule has 4 nitrogen and oxygen atoms in total. The lowest BCUT2D eigenvalue weighted by molar-refractivity contribution is 0.669. The Morgan fingerprint density at radius 1 is 0.304 bits per heavy atom. The van der Waals surface area contributed by atoms with Gasteiger partial charge < -0.3 is 8.83 Å². The van der Waals surface area contributed by atoms with Gasteiger partial charge in [-0.05, 0) is 70.3 Å². The monoisotopic (exact) mass is 716 g/mol. The first-order valence-corrected chi connectivity index (χ1v) is 18.8. The van der Waals surface area contributed by atoms with E-state index in [-0.39, 0.29) is 0 Å². The van der Waals surface area contributed by atoms with Gasteiger partial charge in [0.25, 0.3) is 0 Å². The Kier molecular flexibility index (Phi) is 7.46. The fourth-order valence-corrected chi connectivity index (χ4v) is 8.03. The van der Waals surface area contributed by atoms with Crippen molar-refractivity contribution in [1.82, 2.24) is 9.97 Å². The second-order valence-electron chi connectivity index (χ2n) is 14.1. The SMILES string of the molecule is c1ccc(-c2cc(-c3ccccc3)cc(-c3cc(-c4ccccc4)nc(-c4ccc(-c5cccc6c5oc5ccccc56)c5c4oc4ccccc45)n3)c2)cc1. The summed E-state index contributed by atoms with van der Waals surface area (Å²) in [5, 5.41) is 4.20. The maximum atomic E-state index is 6.81. The van der Waals surface area contributed by atoms with Gasteiger partial charge in [-0.3, -0.25) is 0 Å². The van der Waals surface area contributed by atoms with Crippen LogP contribution < -0.4 is 0 Å². The molecule has 0 aliphatic rings. The normalized spacial score (nSPS) is 11.6. The van der Waals surface area contributed by atoms with E-state index in [4.69, 9.17) is 18.8 Å². The molecule has 0 radical (unpaired) electrons. The average molecular weight is 717 g/mol. The van der Waals surface area contributed by atoms with Gasteiger partial charge in [0, 0.05) is 38.2 Å². The Morgan fingerprint density at radius 3 is 1.48 bits per heavy atom. The summed E-state index contributed by atoms with van der Waals surface area (Å²) in [6, 6.07) is 67.3. The number of furan rings is 2. The molecule has 4 heteroatoms. The standard InChI is InChI=1S/C52H32N2O2/c1-4-15-33(16-5-1)36-29-37(34-17-6-2-7-18-34)31-38(30-36)46-32-45(35-19-8-3-9-20-35)53-52(54-46)44-28-27-40(49-43-22-11-13-26-48(43)56-51(44)49)42-24-14-23-41-39-21-10-12-25-47(39)55-50(41)42/h1-32H. The quantitative estimate of drug-likeness (QED) is 0.172. The van der Waals surface area contributed by atoms with Crippen LogP contribution in [0.2, 0.25) is 0 Å². The summed E-state index contributed by atoms with van der Waals surface area (Å²) in [6.45, 7) is 0. The molecule has 262 valence electrons. The average Bonchev–Trinajstić information content (AvgIpc) is 3.86. The molecule has 0 saturated carbocycles. The van der Waals surface area contributed by atoms with Crippen LogP contribution in [0.1, 0.15) is 0 Å². The molecule has 3 heterocycles. The molecular formula is C52H32N2O2. The lowest BCUT2D eigenvalue weighted by Crippen LogP contribution is -1.97. The van der Waals surface area contributed by atoms with Crippen LogP contribution in [0.4, 0.5) is 0 Å². The van der Waals surface area contributed by atoms with Gasteiger partial charge in [0.15, 0.2) is 5.82 Å². The van der Waals surface area contributed by atoms with Crippen molar-refractivity contribution in [2.24, 2.45) is 0 Å². The summed E-state index contributed by atoms with van der Waals surface area (Å²) in [4.78, 5) is 10.7. The van der Waals surface area contributed by atoms with Gasteiger partial charge in [0.1, 0.15) is 22.3 Å². The minimum atomic E-state index is 0.588. The van der Waals surface area contributed by atoms with Crippen molar-refractivity contribution >= 4 is 43.9 Å². The van der Waals surface area contributed by atoms with E-state index >= 15 is 0 Å². The van der Waals surface area contributed by atoms with Gasteiger partial charge in [-0.1, -0.05) is 152 Å². The second kappa shape index (κ2) is 13.1. The molecular weight excluding hydrogens is 685 g/mol. The van der Waals surface area contributed by atoms with Crippen LogP contribution in [-0.4, -0.2) is 9.97 Å². The third-order valence-electron chi connectivity index (χ3n) is 10.7. The highest BCUT2D eigenvalue weighted by Crippen LogP contribution is 2.45. The van der Waals surface area contributed by atoms with E-state index < -0.39 is 0 Å². The van der Waals surface area contributed by atoms with Crippen LogP contribution in [0.5, 0.6) is 0 Å². The van der Waals surface area contributed by atoms with Crippen LogP contribution in [-0.2, 0) is 0 Å². The highest BCUT2D eigenvalue weighted by molar-refractivity contribution is 6.19. The summed E-state index contributed by atoms with van der Waals surface area (Å²) in [5.41, 5.74) is 14.3. The fourth-order valence-electron chi connectivity index (χ4n) is 8.03. The number of nitrogens with zero attached hydrogens (tertiary/aromatic N) is 2.